The normalized spacial score (nSPS) is 21.3. The molecule has 0 bridgehead atoms. The summed E-state index contributed by atoms with van der Waals surface area (Å²) in [7, 11) is 0. The minimum atomic E-state index is -0.354. The lowest BCUT2D eigenvalue weighted by molar-refractivity contribution is -0.132. The van der Waals surface area contributed by atoms with Crippen molar-refractivity contribution in [1.82, 2.24) is 5.32 Å². The van der Waals surface area contributed by atoms with E-state index >= 15 is 0 Å². The number of carbonyl (C=O) groups is 1. The van der Waals surface area contributed by atoms with Gasteiger partial charge < -0.3 is 20.7 Å². The van der Waals surface area contributed by atoms with Gasteiger partial charge in [-0.3, -0.25) is 4.79 Å². The van der Waals surface area contributed by atoms with E-state index in [1.807, 2.05) is 0 Å². The molecular weight excluding hydrogens is 338 g/mol. The molecule has 2 aromatic rings. The Morgan fingerprint density at radius 2 is 1.89 bits per heavy atom. The molecule has 0 aliphatic carbocycles. The molecule has 4 rings (SSSR count). The van der Waals surface area contributed by atoms with Crippen molar-refractivity contribution in [3.05, 3.63) is 65.2 Å². The van der Waals surface area contributed by atoms with Gasteiger partial charge in [-0.05, 0) is 42.0 Å². The van der Waals surface area contributed by atoms with Gasteiger partial charge in [0.2, 0.25) is 5.91 Å². The topological polar surface area (TPSA) is 67.6 Å². The van der Waals surface area contributed by atoms with E-state index in [0.717, 1.165) is 37.9 Å². The minimum Gasteiger partial charge on any atom is -0.367 e. The summed E-state index contributed by atoms with van der Waals surface area (Å²) < 4.78 is 5.64. The average Bonchev–Trinajstić information content (AvgIpc) is 3.35. The summed E-state index contributed by atoms with van der Waals surface area (Å²) in [5.41, 5.74) is 10.8. The summed E-state index contributed by atoms with van der Waals surface area (Å²) in [4.78, 5) is 14.6. The smallest absolute Gasteiger partial charge is 0.249 e. The number of benzene rings is 2. The van der Waals surface area contributed by atoms with E-state index in [1.54, 1.807) is 0 Å². The van der Waals surface area contributed by atoms with Crippen LogP contribution in [0.15, 0.2) is 48.5 Å². The lowest BCUT2D eigenvalue weighted by Crippen LogP contribution is -2.35. The minimum absolute atomic E-state index is 0.0238. The fraction of sp³-hybridized carbons (Fsp3) is 0.409. The van der Waals surface area contributed by atoms with E-state index in [9.17, 15) is 4.79 Å². The number of ether oxygens (including phenoxy) is 1. The number of hydrogen-bond donors (Lipinski definition) is 2. The summed E-state index contributed by atoms with van der Waals surface area (Å²) in [6.07, 6.45) is 2.41. The zero-order chi connectivity index (χ0) is 18.6. The summed E-state index contributed by atoms with van der Waals surface area (Å²) in [5, 5.41) is 2.98. The second-order valence-electron chi connectivity index (χ2n) is 7.39. The number of carbonyl (C=O) groups excluding carboxylic acids is 1. The molecule has 1 amide bonds. The van der Waals surface area contributed by atoms with Gasteiger partial charge in [0, 0.05) is 31.9 Å². The molecule has 0 aromatic heterocycles. The molecule has 3 N–H and O–H groups in total. The summed E-state index contributed by atoms with van der Waals surface area (Å²) >= 11 is 0. The zero-order valence-corrected chi connectivity index (χ0v) is 15.6. The number of anilines is 1. The van der Waals surface area contributed by atoms with Gasteiger partial charge in [0.15, 0.2) is 0 Å². The van der Waals surface area contributed by atoms with E-state index in [0.29, 0.717) is 13.1 Å². The van der Waals surface area contributed by atoms with Crippen LogP contribution in [0.3, 0.4) is 0 Å². The van der Waals surface area contributed by atoms with Gasteiger partial charge in [0.1, 0.15) is 6.10 Å². The van der Waals surface area contributed by atoms with Crippen molar-refractivity contribution in [3.63, 3.8) is 0 Å². The van der Waals surface area contributed by atoms with Gasteiger partial charge in [0.25, 0.3) is 0 Å². The average molecular weight is 365 g/mol. The second-order valence-corrected chi connectivity index (χ2v) is 7.39. The highest BCUT2D eigenvalue weighted by Gasteiger charge is 2.29. The van der Waals surface area contributed by atoms with Gasteiger partial charge in [-0.1, -0.05) is 42.5 Å². The maximum Gasteiger partial charge on any atom is 0.249 e. The number of hydrogen-bond acceptors (Lipinski definition) is 4. The van der Waals surface area contributed by atoms with Crippen LogP contribution in [0.25, 0.3) is 0 Å². The van der Waals surface area contributed by atoms with E-state index < -0.39 is 0 Å². The lowest BCUT2D eigenvalue weighted by Gasteiger charge is -2.19. The van der Waals surface area contributed by atoms with Gasteiger partial charge in [-0.25, -0.2) is 0 Å². The summed E-state index contributed by atoms with van der Waals surface area (Å²) in [5.74, 6) is -0.0382. The molecule has 1 fully saturated rings. The van der Waals surface area contributed by atoms with E-state index in [4.69, 9.17) is 10.5 Å². The molecule has 2 aromatic carbocycles. The first kappa shape index (κ1) is 18.0. The molecule has 5 heteroatoms. The number of nitrogens with one attached hydrogen (secondary N) is 1. The number of nitrogens with zero attached hydrogens (tertiary/aromatic N) is 1. The van der Waals surface area contributed by atoms with Crippen LogP contribution < -0.4 is 16.0 Å². The van der Waals surface area contributed by atoms with Crippen LogP contribution in [0, 0.1) is 0 Å². The van der Waals surface area contributed by atoms with Crippen LogP contribution in [-0.4, -0.2) is 31.2 Å². The van der Waals surface area contributed by atoms with Crippen LogP contribution in [0.2, 0.25) is 0 Å². The fourth-order valence-electron chi connectivity index (χ4n) is 3.93. The predicted octanol–water partition coefficient (Wildman–Crippen LogP) is 2.37. The van der Waals surface area contributed by atoms with Gasteiger partial charge in [0.05, 0.1) is 6.10 Å². The fourth-order valence-corrected chi connectivity index (χ4v) is 3.93. The Morgan fingerprint density at radius 3 is 2.67 bits per heavy atom. The Bertz CT molecular complexity index is 790. The number of rotatable bonds is 6. The monoisotopic (exact) mass is 365 g/mol. The third kappa shape index (κ3) is 4.15. The number of fused-ring (bicyclic) bond motifs is 1. The van der Waals surface area contributed by atoms with E-state index in [1.165, 1.54) is 16.8 Å². The summed E-state index contributed by atoms with van der Waals surface area (Å²) in [6, 6.07) is 17.1. The Morgan fingerprint density at radius 1 is 1.11 bits per heavy atom. The highest BCUT2D eigenvalue weighted by molar-refractivity contribution is 5.81. The molecule has 2 aliphatic heterocycles. The standard InChI is InChI=1S/C22H27N3O2/c23-13-19-9-10-21(27-19)22(26)24-14-16-5-7-17(8-6-16)15-25-12-11-18-3-1-2-4-20(18)25/h1-8,19,21H,9-15,23H2,(H,24,26)/t19-,21+/m1/s1. The Labute approximate surface area is 160 Å². The number of para-hydroxylation sites is 1. The van der Waals surface area contributed by atoms with Gasteiger partial charge in [-0.2, -0.15) is 0 Å². The van der Waals surface area contributed by atoms with Crippen LogP contribution in [0.1, 0.15) is 29.5 Å². The maximum absolute atomic E-state index is 12.2. The molecule has 0 radical (unpaired) electrons. The first-order chi connectivity index (χ1) is 13.2. The highest BCUT2D eigenvalue weighted by atomic mass is 16.5. The lowest BCUT2D eigenvalue weighted by atomic mass is 10.1. The maximum atomic E-state index is 12.2. The SMILES string of the molecule is NC[C@H]1CC[C@@H](C(=O)NCc2ccc(CN3CCc4ccccc43)cc2)O1. The van der Waals surface area contributed by atoms with Crippen molar-refractivity contribution in [3.8, 4) is 0 Å². The number of nitrogens with two attached hydrogens (primary N) is 1. The van der Waals surface area contributed by atoms with Crippen molar-refractivity contribution in [2.45, 2.75) is 44.6 Å². The van der Waals surface area contributed by atoms with Crippen LogP contribution in [0.4, 0.5) is 5.69 Å². The van der Waals surface area contributed by atoms with E-state index in [-0.39, 0.29) is 18.1 Å². The third-order valence-electron chi connectivity index (χ3n) is 5.51. The first-order valence-corrected chi connectivity index (χ1v) is 9.77. The molecule has 5 nitrogen and oxygen atoms in total. The molecule has 142 valence electrons. The van der Waals surface area contributed by atoms with Crippen LogP contribution in [-0.2, 0) is 29.0 Å². The molecule has 0 spiro atoms. The second kappa shape index (κ2) is 8.11. The molecule has 1 saturated heterocycles. The zero-order valence-electron chi connectivity index (χ0n) is 15.6. The highest BCUT2D eigenvalue weighted by Crippen LogP contribution is 2.28. The van der Waals surface area contributed by atoms with Crippen LogP contribution in [0.5, 0.6) is 0 Å². The molecular formula is C22H27N3O2. The largest absolute Gasteiger partial charge is 0.367 e. The molecule has 2 heterocycles. The molecule has 0 saturated carbocycles. The van der Waals surface area contributed by atoms with Crippen molar-refractivity contribution in [2.75, 3.05) is 18.0 Å². The Kier molecular flexibility index (Phi) is 5.41. The van der Waals surface area contributed by atoms with Crippen LogP contribution >= 0.6 is 0 Å². The summed E-state index contributed by atoms with van der Waals surface area (Å²) in [6.45, 7) is 2.99. The van der Waals surface area contributed by atoms with Crippen molar-refractivity contribution in [1.29, 1.82) is 0 Å². The first-order valence-electron chi connectivity index (χ1n) is 9.77. The Balaban J connectivity index is 1.29. The third-order valence-corrected chi connectivity index (χ3v) is 5.51. The van der Waals surface area contributed by atoms with E-state index in [2.05, 4.69) is 58.7 Å². The van der Waals surface area contributed by atoms with Gasteiger partial charge in [-0.15, -0.1) is 0 Å². The molecule has 2 atom stereocenters. The van der Waals surface area contributed by atoms with Crippen molar-refractivity contribution < 1.29 is 9.53 Å². The quantitative estimate of drug-likeness (QED) is 0.825. The molecule has 0 unspecified atom stereocenters. The molecule has 2 aliphatic rings. The molecule has 27 heavy (non-hydrogen) atoms. The van der Waals surface area contributed by atoms with Crippen molar-refractivity contribution in [2.24, 2.45) is 5.73 Å². The van der Waals surface area contributed by atoms with Gasteiger partial charge >= 0.3 is 0 Å². The predicted molar refractivity (Wildman–Crippen MR) is 106 cm³/mol. The Hall–Kier alpha value is -2.37. The van der Waals surface area contributed by atoms with Crippen molar-refractivity contribution >= 4 is 11.6 Å². The number of amides is 1.